The van der Waals surface area contributed by atoms with Gasteiger partial charge in [0.2, 0.25) is 11.8 Å². The molecule has 0 saturated carbocycles. The van der Waals surface area contributed by atoms with E-state index in [2.05, 4.69) is 15.5 Å². The zero-order chi connectivity index (χ0) is 33.0. The minimum atomic E-state index is -1.32. The Bertz CT molecular complexity index is 1610. The second-order valence-electron chi connectivity index (χ2n) is 12.6. The number of hydrogen-bond acceptors (Lipinski definition) is 10. The lowest BCUT2D eigenvalue weighted by Gasteiger charge is -2.61. The fraction of sp³-hybridized carbons (Fsp3) is 0.471. The zero-order valence-electron chi connectivity index (χ0n) is 26.5. The van der Waals surface area contributed by atoms with Crippen LogP contribution in [0.5, 0.6) is 11.5 Å². The summed E-state index contributed by atoms with van der Waals surface area (Å²) in [6.45, 7) is 4.81. The van der Waals surface area contributed by atoms with Crippen LogP contribution in [-0.2, 0) is 40.5 Å². The van der Waals surface area contributed by atoms with Crippen LogP contribution in [0.2, 0.25) is 0 Å². The summed E-state index contributed by atoms with van der Waals surface area (Å²) in [4.78, 5) is 53.2. The van der Waals surface area contributed by atoms with Gasteiger partial charge in [0.15, 0.2) is 23.7 Å². The smallest absolute Gasteiger partial charge is 0.352 e. The lowest BCUT2D eigenvalue weighted by atomic mass is 9.50. The van der Waals surface area contributed by atoms with Gasteiger partial charge in [-0.2, -0.15) is 0 Å². The number of piperidine rings is 1. The Labute approximate surface area is 267 Å². The molecule has 1 spiro atoms. The molecule has 0 aromatic heterocycles. The number of aliphatic hydroxyl groups is 1. The summed E-state index contributed by atoms with van der Waals surface area (Å²) in [5, 5.41) is 17.5. The maximum Gasteiger partial charge on any atom is 0.352 e. The van der Waals surface area contributed by atoms with E-state index >= 15 is 0 Å². The lowest BCUT2D eigenvalue weighted by Crippen LogP contribution is -2.74. The number of nitrogens with zero attached hydrogens (tertiary/aromatic N) is 1. The number of amides is 2. The molecular weight excluding hydrogens is 594 g/mol. The molecule has 6 rings (SSSR count). The summed E-state index contributed by atoms with van der Waals surface area (Å²) >= 11 is 0. The monoisotopic (exact) mass is 633 g/mol. The number of hydrogen-bond donors (Lipinski definition) is 3. The molecule has 7 atom stereocenters. The Hall–Kier alpha value is -4.42. The Morgan fingerprint density at radius 3 is 2.50 bits per heavy atom. The molecule has 1 saturated heterocycles. The molecule has 2 heterocycles. The van der Waals surface area contributed by atoms with Crippen LogP contribution in [0.25, 0.3) is 0 Å². The van der Waals surface area contributed by atoms with E-state index in [4.69, 9.17) is 18.9 Å². The summed E-state index contributed by atoms with van der Waals surface area (Å²) in [6.07, 6.45) is 1.05. The number of carbonyl (C=O) groups excluding carboxylic acids is 4. The summed E-state index contributed by atoms with van der Waals surface area (Å²) in [5.41, 5.74) is 0.496. The SMILES string of the molecule is COc1ccc2c3c1O[C@H]1C(OC(=O)[C@H](C)OC(=O)[C@H](C)NC(=O)[C@@H](NC(C)=O)c4ccccc4)=CC[C@@]4(O)[C@@H](C2)N(C)CC[C@]314. The van der Waals surface area contributed by atoms with Gasteiger partial charge in [-0.1, -0.05) is 36.4 Å². The molecular formula is C34H39N3O9. The largest absolute Gasteiger partial charge is 0.493 e. The van der Waals surface area contributed by atoms with Crippen molar-refractivity contribution >= 4 is 23.8 Å². The molecule has 3 N–H and O–H groups in total. The Kier molecular flexibility index (Phi) is 8.06. The standard InChI is InChI=1S/C34H39N3O9/c1-18(35-30(39)27(36-20(3)38)21-9-7-6-8-10-21)31(40)44-19(2)32(41)45-24-13-14-34(42)25-17-22-11-12-23(43-5)28-26(22)33(34,29(24)46-28)15-16-37(25)4/h6-13,18-19,25,27,29,42H,14-17H2,1-5H3,(H,35,39)(H,36,38)/t18-,19-,25+,27-,29-,33-,34+/m0/s1. The number of carbonyl (C=O) groups is 4. The first kappa shape index (κ1) is 31.6. The number of benzene rings is 2. The lowest BCUT2D eigenvalue weighted by molar-refractivity contribution is -0.176. The summed E-state index contributed by atoms with van der Waals surface area (Å²) in [5.74, 6) is -1.38. The molecule has 244 valence electrons. The van der Waals surface area contributed by atoms with Gasteiger partial charge in [-0.05, 0) is 63.6 Å². The molecule has 2 amide bonds. The third-order valence-corrected chi connectivity index (χ3v) is 9.86. The number of esters is 2. The van der Waals surface area contributed by atoms with Gasteiger partial charge in [-0.25, -0.2) is 9.59 Å². The number of nitrogens with one attached hydrogen (secondary N) is 2. The molecule has 2 aromatic rings. The Balaban J connectivity index is 1.16. The van der Waals surface area contributed by atoms with E-state index in [0.717, 1.165) is 17.7 Å². The minimum Gasteiger partial charge on any atom is -0.493 e. The first-order valence-electron chi connectivity index (χ1n) is 15.5. The van der Waals surface area contributed by atoms with Crippen LogP contribution >= 0.6 is 0 Å². The quantitative estimate of drug-likeness (QED) is 0.349. The zero-order valence-corrected chi connectivity index (χ0v) is 26.5. The third-order valence-electron chi connectivity index (χ3n) is 9.86. The third kappa shape index (κ3) is 4.91. The van der Waals surface area contributed by atoms with Crippen molar-refractivity contribution in [3.8, 4) is 11.5 Å². The molecule has 1 fully saturated rings. The topological polar surface area (TPSA) is 153 Å². The van der Waals surface area contributed by atoms with E-state index in [1.807, 2.05) is 19.2 Å². The van der Waals surface area contributed by atoms with Crippen molar-refractivity contribution in [3.63, 3.8) is 0 Å². The van der Waals surface area contributed by atoms with Gasteiger partial charge in [0.1, 0.15) is 17.8 Å². The van der Waals surface area contributed by atoms with E-state index in [1.165, 1.54) is 20.8 Å². The van der Waals surface area contributed by atoms with E-state index in [9.17, 15) is 24.3 Å². The summed E-state index contributed by atoms with van der Waals surface area (Å²) in [6, 6.07) is 10.2. The molecule has 2 aliphatic heterocycles. The predicted molar refractivity (Wildman–Crippen MR) is 164 cm³/mol. The molecule has 2 aromatic carbocycles. The van der Waals surface area contributed by atoms with Gasteiger partial charge in [0, 0.05) is 24.9 Å². The first-order chi connectivity index (χ1) is 21.9. The highest BCUT2D eigenvalue weighted by Crippen LogP contribution is 2.65. The summed E-state index contributed by atoms with van der Waals surface area (Å²) < 4.78 is 23.4. The van der Waals surface area contributed by atoms with Crippen LogP contribution in [0, 0.1) is 0 Å². The van der Waals surface area contributed by atoms with Crippen LogP contribution in [0.15, 0.2) is 54.3 Å². The second-order valence-corrected chi connectivity index (χ2v) is 12.6. The molecule has 0 unspecified atom stereocenters. The van der Waals surface area contributed by atoms with Crippen molar-refractivity contribution in [1.29, 1.82) is 0 Å². The van der Waals surface area contributed by atoms with Gasteiger partial charge < -0.3 is 39.6 Å². The van der Waals surface area contributed by atoms with Gasteiger partial charge in [-0.15, -0.1) is 0 Å². The second kappa shape index (κ2) is 11.7. The number of likely N-dealkylation sites (tertiary alicyclic amines) is 1. The molecule has 12 heteroatoms. The average Bonchev–Trinajstić information content (AvgIpc) is 3.39. The van der Waals surface area contributed by atoms with Gasteiger partial charge in [0.05, 0.1) is 18.1 Å². The molecule has 2 aliphatic carbocycles. The van der Waals surface area contributed by atoms with Gasteiger partial charge in [0.25, 0.3) is 0 Å². The minimum absolute atomic E-state index is 0.156. The number of methoxy groups -OCH3 is 1. The van der Waals surface area contributed by atoms with Crippen molar-refractivity contribution < 1.29 is 43.2 Å². The van der Waals surface area contributed by atoms with E-state index in [0.29, 0.717) is 29.9 Å². The van der Waals surface area contributed by atoms with Crippen LogP contribution in [0.1, 0.15) is 56.3 Å². The maximum absolute atomic E-state index is 13.3. The molecule has 12 nitrogen and oxygen atoms in total. The Morgan fingerprint density at radius 1 is 1.07 bits per heavy atom. The van der Waals surface area contributed by atoms with Crippen molar-refractivity contribution in [3.05, 3.63) is 71.0 Å². The Morgan fingerprint density at radius 2 is 1.80 bits per heavy atom. The van der Waals surface area contributed by atoms with Crippen molar-refractivity contribution in [1.82, 2.24) is 15.5 Å². The first-order valence-corrected chi connectivity index (χ1v) is 15.5. The van der Waals surface area contributed by atoms with Crippen LogP contribution in [0.3, 0.4) is 0 Å². The summed E-state index contributed by atoms with van der Waals surface area (Å²) in [7, 11) is 3.57. The van der Waals surface area contributed by atoms with E-state index in [1.54, 1.807) is 43.5 Å². The maximum atomic E-state index is 13.3. The fourth-order valence-corrected chi connectivity index (χ4v) is 7.62. The predicted octanol–water partition coefficient (Wildman–Crippen LogP) is 1.83. The van der Waals surface area contributed by atoms with Crippen LogP contribution < -0.4 is 20.1 Å². The highest BCUT2D eigenvalue weighted by atomic mass is 16.6. The highest BCUT2D eigenvalue weighted by molar-refractivity contribution is 5.91. The van der Waals surface area contributed by atoms with Crippen molar-refractivity contribution in [2.24, 2.45) is 0 Å². The van der Waals surface area contributed by atoms with E-state index in [-0.39, 0.29) is 18.2 Å². The number of likely N-dealkylation sites (N-methyl/N-ethyl adjacent to an activating group) is 1. The normalized spacial score (nSPS) is 27.5. The highest BCUT2D eigenvalue weighted by Gasteiger charge is 2.72. The number of ether oxygens (including phenoxy) is 4. The molecule has 46 heavy (non-hydrogen) atoms. The van der Waals surface area contributed by atoms with Gasteiger partial charge >= 0.3 is 11.9 Å². The molecule has 2 bridgehead atoms. The molecule has 4 aliphatic rings. The van der Waals surface area contributed by atoms with E-state index < -0.39 is 59.1 Å². The van der Waals surface area contributed by atoms with Crippen molar-refractivity contribution in [2.75, 3.05) is 20.7 Å². The average molecular weight is 634 g/mol. The van der Waals surface area contributed by atoms with Crippen molar-refractivity contribution in [2.45, 2.75) is 81.4 Å². The van der Waals surface area contributed by atoms with Gasteiger partial charge in [-0.3, -0.25) is 9.59 Å². The molecule has 0 radical (unpaired) electrons. The van der Waals surface area contributed by atoms with Crippen LogP contribution in [-0.4, -0.2) is 84.4 Å². The fourth-order valence-electron chi connectivity index (χ4n) is 7.62. The van der Waals surface area contributed by atoms with Crippen LogP contribution in [0.4, 0.5) is 0 Å². The number of rotatable bonds is 9.